The predicted octanol–water partition coefficient (Wildman–Crippen LogP) is 3.21. The molecule has 192 valence electrons. The molecule has 2 saturated heterocycles. The van der Waals surface area contributed by atoms with Crippen molar-refractivity contribution in [2.24, 2.45) is 0 Å². The summed E-state index contributed by atoms with van der Waals surface area (Å²) in [5.41, 5.74) is 3.18. The zero-order chi connectivity index (χ0) is 25.8. The number of morpholine rings is 1. The highest BCUT2D eigenvalue weighted by atomic mass is 16.5. The minimum atomic E-state index is -0.673. The zero-order valence-corrected chi connectivity index (χ0v) is 21.5. The number of rotatable bonds is 8. The zero-order valence-electron chi connectivity index (χ0n) is 21.5. The average Bonchev–Trinajstić information content (AvgIpc) is 3.13. The number of carbonyl (C=O) groups is 2. The summed E-state index contributed by atoms with van der Waals surface area (Å²) < 4.78 is 11.0. The van der Waals surface area contributed by atoms with Gasteiger partial charge in [-0.05, 0) is 55.3 Å². The molecule has 1 N–H and O–H groups in total. The number of aliphatic hydroxyl groups excluding tert-OH is 1. The Balaban J connectivity index is 1.75. The average molecular weight is 494 g/mol. The van der Waals surface area contributed by atoms with E-state index in [9.17, 15) is 14.7 Å². The first-order chi connectivity index (χ1) is 17.3. The molecule has 2 heterocycles. The molecule has 2 aromatic carbocycles. The Labute approximate surface area is 212 Å². The third-order valence-electron chi connectivity index (χ3n) is 6.79. The van der Waals surface area contributed by atoms with Crippen LogP contribution in [-0.4, -0.2) is 86.7 Å². The molecule has 1 unspecified atom stereocenters. The van der Waals surface area contributed by atoms with Gasteiger partial charge < -0.3 is 24.4 Å². The van der Waals surface area contributed by atoms with Crippen molar-refractivity contribution in [1.82, 2.24) is 9.80 Å². The number of carbonyl (C=O) groups excluding carboxylic acids is 2. The van der Waals surface area contributed by atoms with Crippen LogP contribution in [-0.2, 0) is 14.3 Å². The van der Waals surface area contributed by atoms with E-state index in [2.05, 4.69) is 4.90 Å². The predicted molar refractivity (Wildman–Crippen MR) is 139 cm³/mol. The summed E-state index contributed by atoms with van der Waals surface area (Å²) in [4.78, 5) is 32.4. The molecule has 8 nitrogen and oxygen atoms in total. The molecule has 0 bridgehead atoms. The van der Waals surface area contributed by atoms with Gasteiger partial charge in [0, 0.05) is 51.5 Å². The van der Waals surface area contributed by atoms with E-state index < -0.39 is 17.7 Å². The highest BCUT2D eigenvalue weighted by Gasteiger charge is 2.46. The Kier molecular flexibility index (Phi) is 7.96. The molecule has 0 radical (unpaired) electrons. The van der Waals surface area contributed by atoms with Crippen LogP contribution in [0.2, 0.25) is 0 Å². The number of ketones is 1. The first-order valence-corrected chi connectivity index (χ1v) is 12.4. The Hall–Kier alpha value is -3.36. The molecule has 36 heavy (non-hydrogen) atoms. The molecule has 1 atom stereocenters. The van der Waals surface area contributed by atoms with E-state index in [1.807, 2.05) is 63.2 Å². The van der Waals surface area contributed by atoms with Gasteiger partial charge >= 0.3 is 0 Å². The molecule has 8 heteroatoms. The number of nitrogens with zero attached hydrogens (tertiary/aromatic N) is 3. The summed E-state index contributed by atoms with van der Waals surface area (Å²) in [7, 11) is 3.91. The molecule has 2 aliphatic rings. The number of aryl methyl sites for hydroxylation is 1. The molecule has 0 spiro atoms. The van der Waals surface area contributed by atoms with Gasteiger partial charge in [0.05, 0.1) is 31.4 Å². The van der Waals surface area contributed by atoms with Gasteiger partial charge in [0.25, 0.3) is 11.7 Å². The number of likely N-dealkylation sites (tertiary alicyclic amines) is 1. The Morgan fingerprint density at radius 3 is 2.39 bits per heavy atom. The molecule has 4 rings (SSSR count). The first-order valence-electron chi connectivity index (χ1n) is 12.4. The SMILES string of the molecule is CCOc1ccc(/C(O)=C2\C(=O)C(=O)N(CCN3CCOCC3)C2c2ccc(N(C)C)cc2)c(C)c1. The molecular weight excluding hydrogens is 458 g/mol. The lowest BCUT2D eigenvalue weighted by Gasteiger charge is -2.31. The molecule has 1 amide bonds. The summed E-state index contributed by atoms with van der Waals surface area (Å²) >= 11 is 0. The second kappa shape index (κ2) is 11.1. The van der Waals surface area contributed by atoms with E-state index in [-0.39, 0.29) is 11.3 Å². The Morgan fingerprint density at radius 2 is 1.78 bits per heavy atom. The van der Waals surface area contributed by atoms with E-state index in [0.717, 1.165) is 29.9 Å². The molecule has 2 aromatic rings. The number of hydrogen-bond donors (Lipinski definition) is 1. The fourth-order valence-electron chi connectivity index (χ4n) is 4.79. The van der Waals surface area contributed by atoms with Crippen molar-refractivity contribution < 1.29 is 24.2 Å². The molecule has 2 aliphatic heterocycles. The number of ether oxygens (including phenoxy) is 2. The van der Waals surface area contributed by atoms with Crippen LogP contribution in [0.5, 0.6) is 5.75 Å². The van der Waals surface area contributed by atoms with E-state index in [0.29, 0.717) is 44.2 Å². The normalized spacial score (nSPS) is 20.1. The van der Waals surface area contributed by atoms with Gasteiger partial charge in [-0.2, -0.15) is 0 Å². The topological polar surface area (TPSA) is 82.5 Å². The van der Waals surface area contributed by atoms with Gasteiger partial charge in [-0.1, -0.05) is 12.1 Å². The Morgan fingerprint density at radius 1 is 1.08 bits per heavy atom. The number of hydrogen-bond acceptors (Lipinski definition) is 7. The number of aliphatic hydroxyl groups is 1. The monoisotopic (exact) mass is 493 g/mol. The fourth-order valence-corrected chi connectivity index (χ4v) is 4.79. The maximum absolute atomic E-state index is 13.3. The summed E-state index contributed by atoms with van der Waals surface area (Å²) in [5, 5.41) is 11.4. The van der Waals surface area contributed by atoms with Gasteiger partial charge in [0.2, 0.25) is 0 Å². The molecule has 0 aromatic heterocycles. The number of anilines is 1. The number of Topliss-reactive ketones (excluding diaryl/α,β-unsaturated/α-hetero) is 1. The van der Waals surface area contributed by atoms with Crippen LogP contribution in [0.25, 0.3) is 5.76 Å². The van der Waals surface area contributed by atoms with Crippen molar-refractivity contribution in [1.29, 1.82) is 0 Å². The largest absolute Gasteiger partial charge is 0.507 e. The first kappa shape index (κ1) is 25.7. The van der Waals surface area contributed by atoms with Gasteiger partial charge in [0.1, 0.15) is 11.5 Å². The van der Waals surface area contributed by atoms with E-state index >= 15 is 0 Å². The van der Waals surface area contributed by atoms with Crippen LogP contribution in [0.15, 0.2) is 48.0 Å². The van der Waals surface area contributed by atoms with Crippen molar-refractivity contribution in [3.63, 3.8) is 0 Å². The summed E-state index contributed by atoms with van der Waals surface area (Å²) in [6.45, 7) is 8.19. The van der Waals surface area contributed by atoms with Crippen LogP contribution in [0.4, 0.5) is 5.69 Å². The van der Waals surface area contributed by atoms with Crippen LogP contribution >= 0.6 is 0 Å². The lowest BCUT2D eigenvalue weighted by molar-refractivity contribution is -0.140. The van der Waals surface area contributed by atoms with Crippen LogP contribution in [0.3, 0.4) is 0 Å². The second-order valence-electron chi connectivity index (χ2n) is 9.34. The number of benzene rings is 2. The van der Waals surface area contributed by atoms with Gasteiger partial charge in [-0.15, -0.1) is 0 Å². The van der Waals surface area contributed by atoms with Gasteiger partial charge in [-0.3, -0.25) is 14.5 Å². The van der Waals surface area contributed by atoms with Gasteiger partial charge in [0.15, 0.2) is 0 Å². The second-order valence-corrected chi connectivity index (χ2v) is 9.34. The van der Waals surface area contributed by atoms with Gasteiger partial charge in [-0.25, -0.2) is 0 Å². The molecular formula is C28H35N3O5. The fraction of sp³-hybridized carbons (Fsp3) is 0.429. The molecule has 2 fully saturated rings. The Bertz CT molecular complexity index is 1140. The quantitative estimate of drug-likeness (QED) is 0.344. The minimum Gasteiger partial charge on any atom is -0.507 e. The smallest absolute Gasteiger partial charge is 0.295 e. The summed E-state index contributed by atoms with van der Waals surface area (Å²) in [6.07, 6.45) is 0. The van der Waals surface area contributed by atoms with Crippen molar-refractivity contribution in [2.75, 3.05) is 65.0 Å². The van der Waals surface area contributed by atoms with E-state index in [1.165, 1.54) is 0 Å². The third kappa shape index (κ3) is 5.24. The summed E-state index contributed by atoms with van der Waals surface area (Å²) in [6, 6.07) is 12.4. The third-order valence-corrected chi connectivity index (χ3v) is 6.79. The maximum Gasteiger partial charge on any atom is 0.295 e. The van der Waals surface area contributed by atoms with Crippen molar-refractivity contribution >= 4 is 23.1 Å². The summed E-state index contributed by atoms with van der Waals surface area (Å²) in [5.74, 6) is -0.725. The van der Waals surface area contributed by atoms with Crippen LogP contribution < -0.4 is 9.64 Å². The highest BCUT2D eigenvalue weighted by Crippen LogP contribution is 2.40. The lowest BCUT2D eigenvalue weighted by atomic mass is 9.93. The van der Waals surface area contributed by atoms with E-state index in [1.54, 1.807) is 17.0 Å². The van der Waals surface area contributed by atoms with Crippen molar-refractivity contribution in [3.8, 4) is 5.75 Å². The van der Waals surface area contributed by atoms with Crippen LogP contribution in [0, 0.1) is 6.92 Å². The standard InChI is InChI=1S/C28H35N3O5/c1-5-36-22-10-11-23(19(2)18-22)26(32)24-25(20-6-8-21(9-7-20)29(3)4)31(28(34)27(24)33)13-12-30-14-16-35-17-15-30/h6-11,18,25,32H,5,12-17H2,1-4H3/b26-24+. The van der Waals surface area contributed by atoms with E-state index in [4.69, 9.17) is 9.47 Å². The maximum atomic E-state index is 13.3. The van der Waals surface area contributed by atoms with Crippen molar-refractivity contribution in [2.45, 2.75) is 19.9 Å². The van der Waals surface area contributed by atoms with Crippen LogP contribution in [0.1, 0.15) is 29.7 Å². The lowest BCUT2D eigenvalue weighted by Crippen LogP contribution is -2.42. The highest BCUT2D eigenvalue weighted by molar-refractivity contribution is 6.46. The molecule has 0 saturated carbocycles. The molecule has 0 aliphatic carbocycles. The number of amides is 1. The van der Waals surface area contributed by atoms with Crippen molar-refractivity contribution in [3.05, 3.63) is 64.7 Å². The minimum absolute atomic E-state index is 0.117.